The summed E-state index contributed by atoms with van der Waals surface area (Å²) in [5, 5.41) is 0. The summed E-state index contributed by atoms with van der Waals surface area (Å²) in [5.41, 5.74) is 2.27. The number of hydrogen-bond acceptors (Lipinski definition) is 6. The first-order valence-corrected chi connectivity index (χ1v) is 9.48. The quantitative estimate of drug-likeness (QED) is 0.519. The standard InChI is InChI=1S/C22H23N3O4/c1-2-28-21(27)10-12-25(15-17-7-6-11-23-14-17)20(26)13-19-16-29-22(24-19)18-8-4-3-5-9-18/h3-9,11,14,16H,2,10,12-13,15H2,1H3. The van der Waals surface area contributed by atoms with E-state index in [4.69, 9.17) is 9.15 Å². The van der Waals surface area contributed by atoms with Crippen LogP contribution in [0.25, 0.3) is 11.5 Å². The Hall–Kier alpha value is -3.48. The maximum Gasteiger partial charge on any atom is 0.307 e. The van der Waals surface area contributed by atoms with Gasteiger partial charge in [0.2, 0.25) is 11.8 Å². The van der Waals surface area contributed by atoms with E-state index in [0.717, 1.165) is 11.1 Å². The number of benzene rings is 1. The molecule has 7 nitrogen and oxygen atoms in total. The van der Waals surface area contributed by atoms with E-state index in [2.05, 4.69) is 9.97 Å². The molecule has 1 aromatic carbocycles. The molecule has 0 atom stereocenters. The zero-order chi connectivity index (χ0) is 20.5. The summed E-state index contributed by atoms with van der Waals surface area (Å²) in [7, 11) is 0. The first kappa shape index (κ1) is 20.3. The Morgan fingerprint density at radius 1 is 1.14 bits per heavy atom. The van der Waals surface area contributed by atoms with Gasteiger partial charge in [-0.15, -0.1) is 0 Å². The lowest BCUT2D eigenvalue weighted by molar-refractivity contribution is -0.144. The van der Waals surface area contributed by atoms with Crippen molar-refractivity contribution >= 4 is 11.9 Å². The highest BCUT2D eigenvalue weighted by Gasteiger charge is 2.19. The molecule has 0 saturated carbocycles. The van der Waals surface area contributed by atoms with E-state index in [9.17, 15) is 9.59 Å². The van der Waals surface area contributed by atoms with Crippen LogP contribution in [0, 0.1) is 0 Å². The molecule has 0 unspecified atom stereocenters. The zero-order valence-corrected chi connectivity index (χ0v) is 16.3. The van der Waals surface area contributed by atoms with E-state index in [1.54, 1.807) is 24.2 Å². The summed E-state index contributed by atoms with van der Waals surface area (Å²) in [6, 6.07) is 13.2. The van der Waals surface area contributed by atoms with Crippen LogP contribution < -0.4 is 0 Å². The van der Waals surface area contributed by atoms with Gasteiger partial charge in [0.05, 0.1) is 25.1 Å². The summed E-state index contributed by atoms with van der Waals surface area (Å²) >= 11 is 0. The molecule has 0 fully saturated rings. The van der Waals surface area contributed by atoms with Crippen molar-refractivity contribution in [2.24, 2.45) is 0 Å². The molecule has 1 amide bonds. The number of amides is 1. The van der Waals surface area contributed by atoms with Gasteiger partial charge in [-0.3, -0.25) is 14.6 Å². The van der Waals surface area contributed by atoms with Gasteiger partial charge in [0.25, 0.3) is 0 Å². The van der Waals surface area contributed by atoms with Gasteiger partial charge in [0, 0.05) is 31.0 Å². The number of ether oxygens (including phenoxy) is 1. The molecule has 0 saturated heterocycles. The third kappa shape index (κ3) is 6.00. The molecular weight excluding hydrogens is 370 g/mol. The summed E-state index contributed by atoms with van der Waals surface area (Å²) in [6.07, 6.45) is 5.09. The molecule has 0 radical (unpaired) electrons. The monoisotopic (exact) mass is 393 g/mol. The average molecular weight is 393 g/mol. The summed E-state index contributed by atoms with van der Waals surface area (Å²) in [5.74, 6) is -0.00548. The Morgan fingerprint density at radius 2 is 1.97 bits per heavy atom. The molecule has 3 aromatic rings. The lowest BCUT2D eigenvalue weighted by atomic mass is 10.2. The molecule has 0 N–H and O–H groups in total. The van der Waals surface area contributed by atoms with E-state index in [0.29, 0.717) is 24.7 Å². The zero-order valence-electron chi connectivity index (χ0n) is 16.3. The number of pyridine rings is 1. The Bertz CT molecular complexity index is 926. The molecule has 7 heteroatoms. The molecular formula is C22H23N3O4. The fourth-order valence-electron chi connectivity index (χ4n) is 2.83. The molecule has 3 rings (SSSR count). The summed E-state index contributed by atoms with van der Waals surface area (Å²) in [4.78, 5) is 34.8. The minimum Gasteiger partial charge on any atom is -0.466 e. The van der Waals surface area contributed by atoms with Crippen molar-refractivity contribution in [1.82, 2.24) is 14.9 Å². The highest BCUT2D eigenvalue weighted by atomic mass is 16.5. The van der Waals surface area contributed by atoms with Crippen molar-refractivity contribution < 1.29 is 18.7 Å². The molecule has 0 aliphatic carbocycles. The van der Waals surface area contributed by atoms with Crippen LogP contribution in [0.2, 0.25) is 0 Å². The first-order chi connectivity index (χ1) is 14.2. The number of carbonyl (C=O) groups is 2. The van der Waals surface area contributed by atoms with Crippen LogP contribution in [0.15, 0.2) is 65.5 Å². The van der Waals surface area contributed by atoms with Gasteiger partial charge in [-0.25, -0.2) is 4.98 Å². The molecule has 0 spiro atoms. The second kappa shape index (κ2) is 10.2. The van der Waals surface area contributed by atoms with Crippen LogP contribution in [-0.4, -0.2) is 39.9 Å². The van der Waals surface area contributed by atoms with Crippen LogP contribution in [0.5, 0.6) is 0 Å². The van der Waals surface area contributed by atoms with Gasteiger partial charge < -0.3 is 14.1 Å². The molecule has 0 bridgehead atoms. The van der Waals surface area contributed by atoms with Gasteiger partial charge >= 0.3 is 5.97 Å². The fourth-order valence-corrected chi connectivity index (χ4v) is 2.83. The third-order valence-electron chi connectivity index (χ3n) is 4.24. The largest absolute Gasteiger partial charge is 0.466 e. The Morgan fingerprint density at radius 3 is 2.69 bits per heavy atom. The SMILES string of the molecule is CCOC(=O)CCN(Cc1cccnc1)C(=O)Cc1coc(-c2ccccc2)n1. The van der Waals surface area contributed by atoms with Crippen LogP contribution in [0.4, 0.5) is 0 Å². The Balaban J connectivity index is 1.68. The van der Waals surface area contributed by atoms with Gasteiger partial charge in [0.1, 0.15) is 6.26 Å². The Labute approximate surface area is 169 Å². The minimum atomic E-state index is -0.329. The van der Waals surface area contributed by atoms with Crippen molar-refractivity contribution in [3.63, 3.8) is 0 Å². The number of esters is 1. The number of hydrogen-bond donors (Lipinski definition) is 0. The minimum absolute atomic E-state index is 0.0828. The predicted octanol–water partition coefficient (Wildman–Crippen LogP) is 3.26. The molecule has 150 valence electrons. The van der Waals surface area contributed by atoms with Crippen molar-refractivity contribution in [3.05, 3.63) is 72.4 Å². The van der Waals surface area contributed by atoms with Crippen molar-refractivity contribution in [2.75, 3.05) is 13.2 Å². The smallest absolute Gasteiger partial charge is 0.307 e. The second-order valence-corrected chi connectivity index (χ2v) is 6.42. The van der Waals surface area contributed by atoms with Crippen LogP contribution >= 0.6 is 0 Å². The van der Waals surface area contributed by atoms with Gasteiger partial charge in [0.15, 0.2) is 0 Å². The van der Waals surface area contributed by atoms with Crippen molar-refractivity contribution in [1.29, 1.82) is 0 Å². The summed E-state index contributed by atoms with van der Waals surface area (Å²) < 4.78 is 10.5. The van der Waals surface area contributed by atoms with E-state index in [-0.39, 0.29) is 31.3 Å². The molecule has 29 heavy (non-hydrogen) atoms. The van der Waals surface area contributed by atoms with E-state index >= 15 is 0 Å². The lowest BCUT2D eigenvalue weighted by Gasteiger charge is -2.22. The maximum atomic E-state index is 12.9. The number of nitrogens with zero attached hydrogens (tertiary/aromatic N) is 3. The van der Waals surface area contributed by atoms with Crippen molar-refractivity contribution in [3.8, 4) is 11.5 Å². The number of oxazole rings is 1. The van der Waals surface area contributed by atoms with Crippen molar-refractivity contribution in [2.45, 2.75) is 26.3 Å². The highest BCUT2D eigenvalue weighted by Crippen LogP contribution is 2.18. The molecule has 2 aromatic heterocycles. The van der Waals surface area contributed by atoms with Gasteiger partial charge in [-0.2, -0.15) is 0 Å². The topological polar surface area (TPSA) is 85.5 Å². The predicted molar refractivity (Wildman–Crippen MR) is 107 cm³/mol. The number of aromatic nitrogens is 2. The lowest BCUT2D eigenvalue weighted by Crippen LogP contribution is -2.34. The van der Waals surface area contributed by atoms with Crippen LogP contribution in [0.1, 0.15) is 24.6 Å². The second-order valence-electron chi connectivity index (χ2n) is 6.42. The normalized spacial score (nSPS) is 10.5. The molecule has 2 heterocycles. The summed E-state index contributed by atoms with van der Waals surface area (Å²) in [6.45, 7) is 2.69. The average Bonchev–Trinajstić information content (AvgIpc) is 3.21. The van der Waals surface area contributed by atoms with E-state index in [1.807, 2.05) is 42.5 Å². The Kier molecular flexibility index (Phi) is 7.10. The van der Waals surface area contributed by atoms with Gasteiger partial charge in [-0.05, 0) is 30.7 Å². The maximum absolute atomic E-state index is 12.9. The van der Waals surface area contributed by atoms with E-state index < -0.39 is 0 Å². The molecule has 0 aliphatic rings. The number of rotatable bonds is 9. The number of carbonyl (C=O) groups excluding carboxylic acids is 2. The highest BCUT2D eigenvalue weighted by molar-refractivity contribution is 5.79. The van der Waals surface area contributed by atoms with Crippen LogP contribution in [-0.2, 0) is 27.3 Å². The first-order valence-electron chi connectivity index (χ1n) is 9.48. The molecule has 0 aliphatic heterocycles. The van der Waals surface area contributed by atoms with E-state index in [1.165, 1.54) is 6.26 Å². The van der Waals surface area contributed by atoms with Gasteiger partial charge in [-0.1, -0.05) is 24.3 Å². The fraction of sp³-hybridized carbons (Fsp3) is 0.273. The van der Waals surface area contributed by atoms with Crippen LogP contribution in [0.3, 0.4) is 0 Å². The third-order valence-corrected chi connectivity index (χ3v) is 4.24.